The second-order valence-electron chi connectivity index (χ2n) is 17.9. The predicted molar refractivity (Wildman–Crippen MR) is 214 cm³/mol. The van der Waals surface area contributed by atoms with E-state index >= 15 is 4.79 Å². The number of benzene rings is 1. The van der Waals surface area contributed by atoms with Gasteiger partial charge in [0, 0.05) is 32.1 Å². The lowest BCUT2D eigenvalue weighted by Crippen LogP contribution is -2.82. The summed E-state index contributed by atoms with van der Waals surface area (Å²) in [6, 6.07) is 6.76. The quantitative estimate of drug-likeness (QED) is 0.141. The molecule has 1 heterocycles. The molecule has 61 heavy (non-hydrogen) atoms. The van der Waals surface area contributed by atoms with Gasteiger partial charge in [-0.25, -0.2) is 14.4 Å². The van der Waals surface area contributed by atoms with E-state index in [9.17, 15) is 39.3 Å². The van der Waals surface area contributed by atoms with Crippen LogP contribution in [0.25, 0.3) is 0 Å². The highest BCUT2D eigenvalue weighted by atomic mass is 16.6. The highest BCUT2D eigenvalue weighted by Gasteiger charge is 2.78. The van der Waals surface area contributed by atoms with Crippen molar-refractivity contribution in [1.82, 2.24) is 5.32 Å². The zero-order valence-corrected chi connectivity index (χ0v) is 35.8. The van der Waals surface area contributed by atoms with Crippen molar-refractivity contribution in [2.24, 2.45) is 22.7 Å². The number of hydrogen-bond acceptors (Lipinski definition) is 15. The number of carbonyl (C=O) groups excluding carboxylic acids is 6. The molecule has 3 saturated carbocycles. The smallest absolute Gasteiger partial charge is 0.407 e. The number of aliphatic hydroxyl groups excluding tert-OH is 2. The van der Waals surface area contributed by atoms with Crippen molar-refractivity contribution < 1.29 is 72.5 Å². The van der Waals surface area contributed by atoms with Crippen LogP contribution in [0.5, 0.6) is 0 Å². The molecule has 0 aromatic heterocycles. The number of alkyl carbamates (subject to hydrolysis) is 1. The molecule has 4 aliphatic carbocycles. The minimum atomic E-state index is -2.37. The Kier molecular flexibility index (Phi) is 13.3. The average molecular weight is 854 g/mol. The fourth-order valence-corrected chi connectivity index (χ4v) is 10.7. The summed E-state index contributed by atoms with van der Waals surface area (Å²) in [7, 11) is 0. The van der Waals surface area contributed by atoms with Gasteiger partial charge in [0.2, 0.25) is 0 Å². The topological polar surface area (TPSA) is 231 Å². The van der Waals surface area contributed by atoms with Crippen molar-refractivity contribution in [3.05, 3.63) is 59.2 Å². The molecule has 11 atom stereocenters. The van der Waals surface area contributed by atoms with Gasteiger partial charge in [-0.05, 0) is 62.8 Å². The fourth-order valence-electron chi connectivity index (χ4n) is 10.7. The summed E-state index contributed by atoms with van der Waals surface area (Å²) in [5.74, 6) is -6.43. The Morgan fingerprint density at radius 3 is 2.25 bits per heavy atom. The van der Waals surface area contributed by atoms with E-state index in [1.54, 1.807) is 58.0 Å². The minimum Gasteiger partial charge on any atom is -0.456 e. The van der Waals surface area contributed by atoms with E-state index in [2.05, 4.69) is 5.32 Å². The molecule has 5 aliphatic rings. The van der Waals surface area contributed by atoms with E-state index in [0.717, 1.165) is 33.1 Å². The van der Waals surface area contributed by atoms with E-state index in [-0.39, 0.29) is 42.3 Å². The average Bonchev–Trinajstić information content (AvgIpc) is 3.21. The normalized spacial score (nSPS) is 34.2. The molecule has 16 nitrogen and oxygen atoms in total. The van der Waals surface area contributed by atoms with E-state index in [4.69, 9.17) is 28.4 Å². The number of ether oxygens (including phenoxy) is 6. The molecule has 4 fully saturated rings. The summed E-state index contributed by atoms with van der Waals surface area (Å²) in [6.45, 7) is 9.77. The minimum absolute atomic E-state index is 0.0180. The van der Waals surface area contributed by atoms with Gasteiger partial charge in [-0.3, -0.25) is 14.4 Å². The molecular formula is C45H59NO15. The van der Waals surface area contributed by atoms with Crippen LogP contribution in [0.1, 0.15) is 104 Å². The molecule has 16 heteroatoms. The standard InChI is InChI=1S/C45H59NO15/c1-8-9-20-56-41(54)46-33(27-16-12-10-13-17-27)34(50)40(53)59-29-22-45(55)38(60-39(52)28-18-14-11-15-19-28)36-43(7,30(49)21-31-44(36,23-57-31)61-26(4)48)37(51)35(58-25(3)47)32(24(29)2)42(45,5)6/h8-9,11,14-15,18-19,27,29-31,33-36,38,49-50,55H,10,12-13,16-17,20-23H2,1-7H3,(H,46,54)/b9-8+/t29-,30-,31+,33?,34+,35+,36-,38-,43+,44-,45+/m0/s1. The molecule has 1 aliphatic heterocycles. The second-order valence-corrected chi connectivity index (χ2v) is 17.9. The number of hydrogen-bond donors (Lipinski definition) is 4. The van der Waals surface area contributed by atoms with Crippen molar-refractivity contribution in [3.8, 4) is 0 Å². The van der Waals surface area contributed by atoms with Crippen molar-refractivity contribution in [2.45, 2.75) is 147 Å². The molecule has 1 aromatic rings. The summed E-state index contributed by atoms with van der Waals surface area (Å²) in [4.78, 5) is 82.8. The fraction of sp³-hybridized carbons (Fsp3) is 0.644. The summed E-state index contributed by atoms with van der Waals surface area (Å²) in [5, 5.41) is 40.1. The Bertz CT molecular complexity index is 1940. The lowest BCUT2D eigenvalue weighted by Gasteiger charge is -2.67. The van der Waals surface area contributed by atoms with Crippen molar-refractivity contribution in [1.29, 1.82) is 0 Å². The van der Waals surface area contributed by atoms with Crippen LogP contribution in [-0.2, 0) is 47.6 Å². The number of Topliss-reactive ketones (excluding diaryl/α,β-unsaturated/α-hetero) is 1. The first-order chi connectivity index (χ1) is 28.7. The number of fused-ring (bicyclic) bond motifs is 5. The molecule has 1 amide bonds. The highest BCUT2D eigenvalue weighted by Crippen LogP contribution is 2.64. The molecule has 1 aromatic carbocycles. The second kappa shape index (κ2) is 17.6. The van der Waals surface area contributed by atoms with Crippen LogP contribution in [0.15, 0.2) is 53.6 Å². The van der Waals surface area contributed by atoms with Crippen LogP contribution in [0.4, 0.5) is 4.79 Å². The Labute approximate surface area is 355 Å². The number of allylic oxidation sites excluding steroid dienone is 1. The molecule has 0 spiro atoms. The van der Waals surface area contributed by atoms with Gasteiger partial charge in [0.05, 0.1) is 35.6 Å². The molecule has 6 rings (SSSR count). The number of nitrogens with one attached hydrogen (secondary N) is 1. The number of carbonyl (C=O) groups is 6. The zero-order chi connectivity index (χ0) is 44.7. The molecular weight excluding hydrogens is 794 g/mol. The van der Waals surface area contributed by atoms with Gasteiger partial charge < -0.3 is 49.1 Å². The maximum atomic E-state index is 15.5. The first kappa shape index (κ1) is 45.9. The Balaban J connectivity index is 1.51. The van der Waals surface area contributed by atoms with Gasteiger partial charge in [-0.15, -0.1) is 0 Å². The van der Waals surface area contributed by atoms with Crippen LogP contribution in [0.2, 0.25) is 0 Å². The van der Waals surface area contributed by atoms with E-state index in [1.807, 2.05) is 0 Å². The van der Waals surface area contributed by atoms with E-state index < -0.39 is 113 Å². The van der Waals surface area contributed by atoms with E-state index in [1.165, 1.54) is 19.1 Å². The highest BCUT2D eigenvalue weighted by molar-refractivity contribution is 5.95. The molecule has 0 radical (unpaired) electrons. The van der Waals surface area contributed by atoms with Crippen LogP contribution in [0, 0.1) is 22.7 Å². The number of amides is 1. The van der Waals surface area contributed by atoms with Crippen molar-refractivity contribution >= 4 is 35.8 Å². The van der Waals surface area contributed by atoms with Crippen molar-refractivity contribution in [2.75, 3.05) is 13.2 Å². The predicted octanol–water partition coefficient (Wildman–Crippen LogP) is 3.82. The molecule has 334 valence electrons. The summed E-state index contributed by atoms with van der Waals surface area (Å²) < 4.78 is 35.5. The zero-order valence-electron chi connectivity index (χ0n) is 35.8. The van der Waals surface area contributed by atoms with Crippen LogP contribution in [-0.4, -0.2) is 118 Å². The number of aliphatic hydroxyl groups is 3. The van der Waals surface area contributed by atoms with E-state index in [0.29, 0.717) is 12.8 Å². The Hall–Kier alpha value is -4.64. The SMILES string of the molecule is C/C=C/COC(=O)NC(C1CCCCC1)[C@@H](O)C(=O)O[C@H]1C[C@@]2(O)[C@@H](OC(=O)c3ccccc3)[C@@H]3[C@]4(OC(C)=O)CO[C@@H]4C[C@H](O)[C@@]3(C)C(=O)[C@H](OC(C)=O)C(=C1C)C2(C)C. The maximum Gasteiger partial charge on any atom is 0.407 e. The first-order valence-electron chi connectivity index (χ1n) is 21.1. The van der Waals surface area contributed by atoms with Gasteiger partial charge >= 0.3 is 30.0 Å². The molecule has 1 saturated heterocycles. The van der Waals surface area contributed by atoms with Gasteiger partial charge in [0.25, 0.3) is 0 Å². The Morgan fingerprint density at radius 2 is 1.66 bits per heavy atom. The van der Waals surface area contributed by atoms with Crippen LogP contribution < -0.4 is 5.32 Å². The molecule has 4 N–H and O–H groups in total. The van der Waals surface area contributed by atoms with Gasteiger partial charge in [0.15, 0.2) is 23.6 Å². The number of esters is 4. The van der Waals surface area contributed by atoms with Gasteiger partial charge in [0.1, 0.15) is 30.5 Å². The monoisotopic (exact) mass is 853 g/mol. The summed E-state index contributed by atoms with van der Waals surface area (Å²) >= 11 is 0. The maximum absolute atomic E-state index is 15.5. The lowest BCUT2D eigenvalue weighted by molar-refractivity contribution is -0.346. The lowest BCUT2D eigenvalue weighted by atomic mass is 9.44. The summed E-state index contributed by atoms with van der Waals surface area (Å²) in [5.41, 5.74) is -7.51. The van der Waals surface area contributed by atoms with Crippen LogP contribution >= 0.6 is 0 Å². The number of ketones is 1. The Morgan fingerprint density at radius 1 is 0.984 bits per heavy atom. The van der Waals surface area contributed by atoms with Crippen LogP contribution in [0.3, 0.4) is 0 Å². The molecule has 2 bridgehead atoms. The largest absolute Gasteiger partial charge is 0.456 e. The van der Waals surface area contributed by atoms with Gasteiger partial charge in [-0.1, -0.05) is 63.5 Å². The first-order valence-corrected chi connectivity index (χ1v) is 21.1. The number of rotatable bonds is 11. The van der Waals surface area contributed by atoms with Crippen molar-refractivity contribution in [3.63, 3.8) is 0 Å². The molecule has 1 unspecified atom stereocenters. The third-order valence-corrected chi connectivity index (χ3v) is 14.0. The van der Waals surface area contributed by atoms with Gasteiger partial charge in [-0.2, -0.15) is 0 Å². The third kappa shape index (κ3) is 8.12. The summed E-state index contributed by atoms with van der Waals surface area (Å²) in [6.07, 6.45) is -4.02. The third-order valence-electron chi connectivity index (χ3n) is 14.0.